The predicted octanol–water partition coefficient (Wildman–Crippen LogP) is 4.68. The van der Waals surface area contributed by atoms with Crippen molar-refractivity contribution in [2.24, 2.45) is 0 Å². The first-order valence-corrected chi connectivity index (χ1v) is 7.62. The Kier molecular flexibility index (Phi) is 4.00. The number of halogens is 1. The van der Waals surface area contributed by atoms with Crippen molar-refractivity contribution in [2.45, 2.75) is 18.4 Å². The monoisotopic (exact) mass is 340 g/mol. The third kappa shape index (κ3) is 2.61. The first-order valence-electron chi connectivity index (χ1n) is 7.24. The van der Waals surface area contributed by atoms with Gasteiger partial charge in [0.25, 0.3) is 5.69 Å². The Morgan fingerprint density at radius 2 is 1.83 bits per heavy atom. The number of allylic oxidation sites excluding steroid dienone is 1. The second-order valence-electron chi connectivity index (χ2n) is 5.59. The van der Waals surface area contributed by atoms with Crippen LogP contribution in [0, 0.1) is 21.4 Å². The molecule has 0 bridgehead atoms. The summed E-state index contributed by atoms with van der Waals surface area (Å²) in [6.07, 6.45) is 1.20. The van der Waals surface area contributed by atoms with E-state index in [2.05, 4.69) is 6.07 Å². The SMILES string of the molecule is CC1=C[C@@](C#N)(c2ccc(Cl)cc2)[C@H](c2ccc([N+](=O)[O-])cc2)O1. The average Bonchev–Trinajstić information content (AvgIpc) is 2.93. The lowest BCUT2D eigenvalue weighted by molar-refractivity contribution is -0.384. The zero-order valence-corrected chi connectivity index (χ0v) is 13.5. The topological polar surface area (TPSA) is 76.2 Å². The van der Waals surface area contributed by atoms with Crippen molar-refractivity contribution >= 4 is 17.3 Å². The molecule has 6 heteroatoms. The number of rotatable bonds is 3. The molecule has 2 aromatic rings. The van der Waals surface area contributed by atoms with Gasteiger partial charge in [0.2, 0.25) is 0 Å². The van der Waals surface area contributed by atoms with Gasteiger partial charge in [-0.2, -0.15) is 5.26 Å². The van der Waals surface area contributed by atoms with E-state index < -0.39 is 16.4 Å². The van der Waals surface area contributed by atoms with Gasteiger partial charge in [0.05, 0.1) is 16.8 Å². The van der Waals surface area contributed by atoms with Crippen LogP contribution in [-0.4, -0.2) is 4.92 Å². The highest BCUT2D eigenvalue weighted by Gasteiger charge is 2.46. The summed E-state index contributed by atoms with van der Waals surface area (Å²) in [6.45, 7) is 1.79. The number of hydrogen-bond acceptors (Lipinski definition) is 4. The number of non-ortho nitro benzene ring substituents is 1. The molecular weight excluding hydrogens is 328 g/mol. The Morgan fingerprint density at radius 1 is 1.21 bits per heavy atom. The van der Waals surface area contributed by atoms with E-state index >= 15 is 0 Å². The molecule has 0 aliphatic carbocycles. The van der Waals surface area contributed by atoms with Crippen LogP contribution < -0.4 is 0 Å². The number of nitrogens with zero attached hydrogens (tertiary/aromatic N) is 2. The average molecular weight is 341 g/mol. The Morgan fingerprint density at radius 3 is 2.38 bits per heavy atom. The molecule has 2 atom stereocenters. The lowest BCUT2D eigenvalue weighted by Crippen LogP contribution is -2.27. The van der Waals surface area contributed by atoms with E-state index in [1.807, 2.05) is 0 Å². The fraction of sp³-hybridized carbons (Fsp3) is 0.167. The van der Waals surface area contributed by atoms with Gasteiger partial charge in [-0.15, -0.1) is 0 Å². The summed E-state index contributed by atoms with van der Waals surface area (Å²) in [5, 5.41) is 21.3. The molecule has 1 heterocycles. The van der Waals surface area contributed by atoms with Gasteiger partial charge < -0.3 is 4.74 Å². The minimum atomic E-state index is -1.01. The fourth-order valence-corrected chi connectivity index (χ4v) is 3.05. The van der Waals surface area contributed by atoms with Crippen LogP contribution in [0.25, 0.3) is 0 Å². The third-order valence-corrected chi connectivity index (χ3v) is 4.31. The number of nitriles is 1. The van der Waals surface area contributed by atoms with Gasteiger partial charge in [-0.1, -0.05) is 23.7 Å². The van der Waals surface area contributed by atoms with Gasteiger partial charge in [0.1, 0.15) is 11.5 Å². The smallest absolute Gasteiger partial charge is 0.269 e. The highest BCUT2D eigenvalue weighted by Crippen LogP contribution is 2.47. The maximum absolute atomic E-state index is 10.8. The zero-order chi connectivity index (χ0) is 17.3. The number of nitro groups is 1. The van der Waals surface area contributed by atoms with E-state index in [0.717, 1.165) is 5.56 Å². The van der Waals surface area contributed by atoms with Gasteiger partial charge in [-0.05, 0) is 48.4 Å². The van der Waals surface area contributed by atoms with Crippen LogP contribution in [0.15, 0.2) is 60.4 Å². The van der Waals surface area contributed by atoms with Crippen molar-refractivity contribution < 1.29 is 9.66 Å². The summed E-state index contributed by atoms with van der Waals surface area (Å²) in [7, 11) is 0. The van der Waals surface area contributed by atoms with E-state index in [1.165, 1.54) is 12.1 Å². The third-order valence-electron chi connectivity index (χ3n) is 4.06. The Hall–Kier alpha value is -2.84. The molecule has 24 heavy (non-hydrogen) atoms. The lowest BCUT2D eigenvalue weighted by atomic mass is 9.75. The first-order chi connectivity index (χ1) is 11.5. The lowest BCUT2D eigenvalue weighted by Gasteiger charge is -2.27. The van der Waals surface area contributed by atoms with Crippen molar-refractivity contribution in [3.63, 3.8) is 0 Å². The molecule has 5 nitrogen and oxygen atoms in total. The second kappa shape index (κ2) is 5.99. The van der Waals surface area contributed by atoms with Crippen LogP contribution in [0.2, 0.25) is 5.02 Å². The largest absolute Gasteiger partial charge is 0.488 e. The van der Waals surface area contributed by atoms with E-state index in [1.54, 1.807) is 49.4 Å². The Labute approximate surface area is 143 Å². The Bertz CT molecular complexity index is 853. The molecule has 0 N–H and O–H groups in total. The minimum absolute atomic E-state index is 0.00419. The van der Waals surface area contributed by atoms with Crippen LogP contribution in [0.5, 0.6) is 0 Å². The molecule has 0 saturated carbocycles. The second-order valence-corrected chi connectivity index (χ2v) is 6.03. The van der Waals surface area contributed by atoms with Gasteiger partial charge in [0, 0.05) is 17.2 Å². The predicted molar refractivity (Wildman–Crippen MR) is 89.4 cm³/mol. The molecule has 120 valence electrons. The quantitative estimate of drug-likeness (QED) is 0.600. The summed E-state index contributed by atoms with van der Waals surface area (Å²) in [5.74, 6) is 0.634. The first kappa shape index (κ1) is 16.0. The fourth-order valence-electron chi connectivity index (χ4n) is 2.93. The summed E-state index contributed by atoms with van der Waals surface area (Å²) in [4.78, 5) is 10.4. The molecule has 0 aromatic heterocycles. The standard InChI is InChI=1S/C18H13ClN2O3/c1-12-10-18(11-20,14-4-6-15(19)7-5-14)17(24-12)13-2-8-16(9-3-13)21(22)23/h2-10,17H,1H3/t17-,18+/m0/s1. The molecular formula is C18H13ClN2O3. The van der Waals surface area contributed by atoms with Crippen molar-refractivity contribution in [3.8, 4) is 6.07 Å². The summed E-state index contributed by atoms with van der Waals surface area (Å²) < 4.78 is 5.87. The van der Waals surface area contributed by atoms with Crippen LogP contribution in [0.1, 0.15) is 24.2 Å². The van der Waals surface area contributed by atoms with E-state index in [9.17, 15) is 15.4 Å². The maximum atomic E-state index is 10.8. The van der Waals surface area contributed by atoms with E-state index in [0.29, 0.717) is 16.3 Å². The summed E-state index contributed by atoms with van der Waals surface area (Å²) in [6, 6.07) is 15.5. The van der Waals surface area contributed by atoms with Crippen LogP contribution in [0.3, 0.4) is 0 Å². The van der Waals surface area contributed by atoms with E-state index in [-0.39, 0.29) is 5.69 Å². The number of ether oxygens (including phenoxy) is 1. The van der Waals surface area contributed by atoms with Gasteiger partial charge in [0.15, 0.2) is 0 Å². The number of nitro benzene ring substituents is 1. The molecule has 2 aromatic carbocycles. The molecule has 0 amide bonds. The van der Waals surface area contributed by atoms with Crippen molar-refractivity contribution in [2.75, 3.05) is 0 Å². The molecule has 3 rings (SSSR count). The van der Waals surface area contributed by atoms with Crippen molar-refractivity contribution in [1.29, 1.82) is 5.26 Å². The Balaban J connectivity index is 2.08. The summed E-state index contributed by atoms with van der Waals surface area (Å²) >= 11 is 5.94. The summed E-state index contributed by atoms with van der Waals surface area (Å²) in [5.41, 5.74) is 0.445. The van der Waals surface area contributed by atoms with Gasteiger partial charge in [-0.3, -0.25) is 10.1 Å². The normalized spacial score (nSPS) is 22.4. The van der Waals surface area contributed by atoms with Crippen LogP contribution >= 0.6 is 11.6 Å². The number of benzene rings is 2. The molecule has 0 radical (unpaired) electrons. The van der Waals surface area contributed by atoms with Gasteiger partial charge >= 0.3 is 0 Å². The molecule has 0 spiro atoms. The minimum Gasteiger partial charge on any atom is -0.488 e. The van der Waals surface area contributed by atoms with Crippen LogP contribution in [0.4, 0.5) is 5.69 Å². The molecule has 0 saturated heterocycles. The highest BCUT2D eigenvalue weighted by molar-refractivity contribution is 6.30. The molecule has 0 fully saturated rings. The van der Waals surface area contributed by atoms with Gasteiger partial charge in [-0.25, -0.2) is 0 Å². The molecule has 1 aliphatic heterocycles. The number of hydrogen-bond donors (Lipinski definition) is 0. The zero-order valence-electron chi connectivity index (χ0n) is 12.8. The molecule has 1 aliphatic rings. The maximum Gasteiger partial charge on any atom is 0.269 e. The highest BCUT2D eigenvalue weighted by atomic mass is 35.5. The molecule has 0 unspecified atom stereocenters. The van der Waals surface area contributed by atoms with Crippen molar-refractivity contribution in [1.82, 2.24) is 0 Å². The van der Waals surface area contributed by atoms with E-state index in [4.69, 9.17) is 16.3 Å². The van der Waals surface area contributed by atoms with Crippen LogP contribution in [-0.2, 0) is 10.2 Å². The van der Waals surface area contributed by atoms with Crippen molar-refractivity contribution in [3.05, 3.63) is 86.6 Å².